The van der Waals surface area contributed by atoms with Crippen molar-refractivity contribution in [2.75, 3.05) is 0 Å². The van der Waals surface area contributed by atoms with Crippen LogP contribution in [0.25, 0.3) is 0 Å². The van der Waals surface area contributed by atoms with Crippen molar-refractivity contribution in [3.05, 3.63) is 23.8 Å². The van der Waals surface area contributed by atoms with Gasteiger partial charge in [0.1, 0.15) is 0 Å². The van der Waals surface area contributed by atoms with Gasteiger partial charge in [0.2, 0.25) is 5.91 Å². The normalized spacial score (nSPS) is 13.2. The van der Waals surface area contributed by atoms with Gasteiger partial charge in [-0.3, -0.25) is 4.79 Å². The highest BCUT2D eigenvalue weighted by Crippen LogP contribution is 2.25. The first kappa shape index (κ1) is 15.9. The maximum atomic E-state index is 11.9. The molecule has 0 aliphatic rings. The van der Waals surface area contributed by atoms with E-state index >= 15 is 0 Å². The van der Waals surface area contributed by atoms with Crippen LogP contribution in [-0.4, -0.2) is 28.2 Å². The number of nitrogens with two attached hydrogens (primary N) is 1. The number of amides is 1. The Kier molecular flexibility index (Phi) is 5.88. The van der Waals surface area contributed by atoms with Crippen LogP contribution in [0.5, 0.6) is 11.5 Å². The fourth-order valence-corrected chi connectivity index (χ4v) is 1.81. The van der Waals surface area contributed by atoms with Crippen LogP contribution >= 0.6 is 0 Å². The maximum Gasteiger partial charge on any atom is 0.238 e. The number of terminal acetylenes is 1. The maximum absolute atomic E-state index is 11.9. The zero-order chi connectivity index (χ0) is 15.1. The van der Waals surface area contributed by atoms with Crippen molar-refractivity contribution in [3.63, 3.8) is 0 Å². The Balaban J connectivity index is 2.61. The summed E-state index contributed by atoms with van der Waals surface area (Å²) < 4.78 is 0. The van der Waals surface area contributed by atoms with E-state index in [0.29, 0.717) is 12.0 Å². The molecule has 1 amide bonds. The number of nitrogens with one attached hydrogen (secondary N) is 1. The number of phenols is 2. The quantitative estimate of drug-likeness (QED) is 0.458. The lowest BCUT2D eigenvalue weighted by Crippen LogP contribution is -2.46. The van der Waals surface area contributed by atoms with Gasteiger partial charge in [0.05, 0.1) is 12.1 Å². The van der Waals surface area contributed by atoms with E-state index in [2.05, 4.69) is 11.2 Å². The van der Waals surface area contributed by atoms with E-state index in [-0.39, 0.29) is 29.9 Å². The van der Waals surface area contributed by atoms with Gasteiger partial charge >= 0.3 is 0 Å². The molecule has 0 radical (unpaired) electrons. The number of phenolic OH excluding ortho intramolecular Hbond substituents is 2. The van der Waals surface area contributed by atoms with Gasteiger partial charge in [0, 0.05) is 0 Å². The number of rotatable bonds is 6. The van der Waals surface area contributed by atoms with Crippen molar-refractivity contribution in [3.8, 4) is 23.8 Å². The van der Waals surface area contributed by atoms with Crippen molar-refractivity contribution in [1.29, 1.82) is 0 Å². The second-order valence-corrected chi connectivity index (χ2v) is 4.65. The molecule has 0 aliphatic carbocycles. The summed E-state index contributed by atoms with van der Waals surface area (Å²) in [5.74, 6) is 1.74. The minimum atomic E-state index is -0.758. The Bertz CT molecular complexity index is 508. The van der Waals surface area contributed by atoms with Gasteiger partial charge in [0.25, 0.3) is 0 Å². The van der Waals surface area contributed by atoms with Gasteiger partial charge in [-0.2, -0.15) is 0 Å². The molecule has 0 aliphatic heterocycles. The molecule has 1 unspecified atom stereocenters. The van der Waals surface area contributed by atoms with Crippen molar-refractivity contribution < 1.29 is 15.0 Å². The first-order chi connectivity index (χ1) is 9.47. The minimum Gasteiger partial charge on any atom is -0.504 e. The summed E-state index contributed by atoms with van der Waals surface area (Å²) in [7, 11) is 0. The third kappa shape index (κ3) is 4.48. The molecule has 1 aromatic carbocycles. The number of hydrogen-bond acceptors (Lipinski definition) is 4. The Morgan fingerprint density at radius 1 is 1.45 bits per heavy atom. The number of carbonyl (C=O) groups excluding carboxylic acids is 1. The van der Waals surface area contributed by atoms with Crippen LogP contribution in [0, 0.1) is 12.3 Å². The van der Waals surface area contributed by atoms with Crippen LogP contribution in [0.15, 0.2) is 18.2 Å². The SMILES string of the molecule is C#CC(CCC)NC(=O)[C@@H](N)Cc1ccc(O)c(O)c1. The van der Waals surface area contributed by atoms with Crippen molar-refractivity contribution in [2.45, 2.75) is 38.3 Å². The minimum absolute atomic E-state index is 0.206. The molecule has 0 saturated heterocycles. The molecular weight excluding hydrogens is 256 g/mol. The topological polar surface area (TPSA) is 95.6 Å². The van der Waals surface area contributed by atoms with E-state index < -0.39 is 6.04 Å². The average molecular weight is 276 g/mol. The highest BCUT2D eigenvalue weighted by Gasteiger charge is 2.17. The summed E-state index contributed by atoms with van der Waals surface area (Å²) in [5.41, 5.74) is 6.47. The van der Waals surface area contributed by atoms with Gasteiger partial charge < -0.3 is 21.3 Å². The van der Waals surface area contributed by atoms with Gasteiger partial charge in [0.15, 0.2) is 11.5 Å². The fraction of sp³-hybridized carbons (Fsp3) is 0.400. The molecular formula is C15H20N2O3. The Morgan fingerprint density at radius 3 is 2.70 bits per heavy atom. The van der Waals surface area contributed by atoms with Gasteiger partial charge in [-0.05, 0) is 30.5 Å². The molecule has 5 nitrogen and oxygen atoms in total. The molecule has 0 bridgehead atoms. The van der Waals surface area contributed by atoms with Crippen LogP contribution in [0.3, 0.4) is 0 Å². The van der Waals surface area contributed by atoms with E-state index in [9.17, 15) is 15.0 Å². The fourth-order valence-electron chi connectivity index (χ4n) is 1.81. The van der Waals surface area contributed by atoms with E-state index in [0.717, 1.165) is 6.42 Å². The molecule has 1 aromatic rings. The zero-order valence-corrected chi connectivity index (χ0v) is 11.5. The summed E-state index contributed by atoms with van der Waals surface area (Å²) in [6, 6.07) is 3.27. The van der Waals surface area contributed by atoms with Crippen molar-refractivity contribution in [1.82, 2.24) is 5.32 Å². The van der Waals surface area contributed by atoms with Crippen molar-refractivity contribution in [2.24, 2.45) is 5.73 Å². The zero-order valence-electron chi connectivity index (χ0n) is 11.5. The Morgan fingerprint density at radius 2 is 2.15 bits per heavy atom. The number of aromatic hydroxyl groups is 2. The second-order valence-electron chi connectivity index (χ2n) is 4.65. The van der Waals surface area contributed by atoms with Crippen LogP contribution in [0.4, 0.5) is 0 Å². The van der Waals surface area contributed by atoms with Crippen LogP contribution in [-0.2, 0) is 11.2 Å². The first-order valence-corrected chi connectivity index (χ1v) is 6.50. The molecule has 1 rings (SSSR count). The predicted molar refractivity (Wildman–Crippen MR) is 77.1 cm³/mol. The van der Waals surface area contributed by atoms with E-state index in [4.69, 9.17) is 12.2 Å². The molecule has 0 spiro atoms. The molecule has 0 fully saturated rings. The smallest absolute Gasteiger partial charge is 0.238 e. The Hall–Kier alpha value is -2.19. The van der Waals surface area contributed by atoms with Crippen LogP contribution in [0.2, 0.25) is 0 Å². The first-order valence-electron chi connectivity index (χ1n) is 6.50. The summed E-state index contributed by atoms with van der Waals surface area (Å²) in [6.07, 6.45) is 7.16. The van der Waals surface area contributed by atoms with Crippen LogP contribution in [0.1, 0.15) is 25.3 Å². The molecule has 0 aromatic heterocycles. The third-order valence-electron chi connectivity index (χ3n) is 2.93. The van der Waals surface area contributed by atoms with Crippen LogP contribution < -0.4 is 11.1 Å². The summed E-state index contributed by atoms with van der Waals surface area (Å²) in [6.45, 7) is 1.98. The van der Waals surface area contributed by atoms with Crippen molar-refractivity contribution >= 4 is 5.91 Å². The van der Waals surface area contributed by atoms with Gasteiger partial charge in [-0.1, -0.05) is 25.3 Å². The summed E-state index contributed by atoms with van der Waals surface area (Å²) in [4.78, 5) is 11.9. The monoisotopic (exact) mass is 276 g/mol. The number of benzene rings is 1. The number of hydrogen-bond donors (Lipinski definition) is 4. The molecule has 5 N–H and O–H groups in total. The summed E-state index contributed by atoms with van der Waals surface area (Å²) in [5, 5.41) is 21.3. The second kappa shape index (κ2) is 7.41. The third-order valence-corrected chi connectivity index (χ3v) is 2.93. The largest absolute Gasteiger partial charge is 0.504 e. The van der Waals surface area contributed by atoms with Gasteiger partial charge in [-0.25, -0.2) is 0 Å². The molecule has 0 heterocycles. The lowest BCUT2D eigenvalue weighted by atomic mass is 10.0. The molecule has 0 saturated carbocycles. The highest BCUT2D eigenvalue weighted by atomic mass is 16.3. The standard InChI is InChI=1S/C15H20N2O3/c1-3-5-11(4-2)17-15(20)12(16)8-10-6-7-13(18)14(19)9-10/h2,6-7,9,11-12,18-19H,3,5,8,16H2,1H3,(H,17,20)/t11?,12-/m0/s1. The lowest BCUT2D eigenvalue weighted by Gasteiger charge is -2.16. The number of carbonyl (C=O) groups is 1. The van der Waals surface area contributed by atoms with E-state index in [1.165, 1.54) is 12.1 Å². The molecule has 108 valence electrons. The Labute approximate surface area is 118 Å². The van der Waals surface area contributed by atoms with E-state index in [1.807, 2.05) is 6.92 Å². The van der Waals surface area contributed by atoms with E-state index in [1.54, 1.807) is 6.07 Å². The van der Waals surface area contributed by atoms with Gasteiger partial charge in [-0.15, -0.1) is 6.42 Å². The lowest BCUT2D eigenvalue weighted by molar-refractivity contribution is -0.122. The molecule has 5 heteroatoms. The summed E-state index contributed by atoms with van der Waals surface area (Å²) >= 11 is 0. The highest BCUT2D eigenvalue weighted by molar-refractivity contribution is 5.82. The molecule has 20 heavy (non-hydrogen) atoms. The predicted octanol–water partition coefficient (Wildman–Crippen LogP) is 0.886. The molecule has 2 atom stereocenters. The average Bonchev–Trinajstić information content (AvgIpc) is 2.42.